The Hall–Kier alpha value is -1.42. The molecule has 0 atom stereocenters. The minimum absolute atomic E-state index is 0.161. The Morgan fingerprint density at radius 3 is 2.04 bits per heavy atom. The molecular weight excluding hydrogens is 330 g/mol. The maximum atomic E-state index is 12.6. The largest absolute Gasteiger partial charge is 0.507 e. The molecule has 2 fully saturated rings. The molecule has 3 nitrogen and oxygen atoms in total. The van der Waals surface area contributed by atoms with Crippen molar-refractivity contribution in [2.24, 2.45) is 0 Å². The molecule has 1 aromatic rings. The first kappa shape index (κ1) is 18.4. The van der Waals surface area contributed by atoms with Crippen LogP contribution in [0, 0.1) is 0 Å². The van der Waals surface area contributed by atoms with Gasteiger partial charge in [-0.2, -0.15) is 0 Å². The highest BCUT2D eigenvalue weighted by atomic mass is 32.2. The zero-order chi connectivity index (χ0) is 18.6. The second kappa shape index (κ2) is 6.08. The van der Waals surface area contributed by atoms with Gasteiger partial charge < -0.3 is 10.0 Å². The van der Waals surface area contributed by atoms with E-state index in [1.807, 2.05) is 23.1 Å². The fourth-order valence-corrected chi connectivity index (χ4v) is 4.26. The number of aromatic hydroxyl groups is 1. The SMILES string of the molecule is CC(C)(C)c1cc(/C=C2\SCN(C3CC3)C2=O)cc(C(C)(C)C)c1O. The van der Waals surface area contributed by atoms with Gasteiger partial charge in [-0.05, 0) is 47.4 Å². The number of benzene rings is 1. The van der Waals surface area contributed by atoms with E-state index in [2.05, 4.69) is 41.5 Å². The first-order chi connectivity index (χ1) is 11.5. The lowest BCUT2D eigenvalue weighted by atomic mass is 9.78. The lowest BCUT2D eigenvalue weighted by molar-refractivity contribution is -0.125. The molecule has 1 amide bonds. The number of phenols is 1. The lowest BCUT2D eigenvalue weighted by Crippen LogP contribution is -2.27. The number of amides is 1. The highest BCUT2D eigenvalue weighted by molar-refractivity contribution is 8.04. The molecule has 0 aromatic heterocycles. The van der Waals surface area contributed by atoms with E-state index in [1.54, 1.807) is 11.8 Å². The van der Waals surface area contributed by atoms with Gasteiger partial charge in [0.15, 0.2) is 0 Å². The Labute approximate surface area is 155 Å². The van der Waals surface area contributed by atoms with Gasteiger partial charge in [0, 0.05) is 17.2 Å². The summed E-state index contributed by atoms with van der Waals surface area (Å²) in [6.07, 6.45) is 4.28. The van der Waals surface area contributed by atoms with E-state index in [-0.39, 0.29) is 16.7 Å². The minimum Gasteiger partial charge on any atom is -0.507 e. The van der Waals surface area contributed by atoms with E-state index < -0.39 is 0 Å². The summed E-state index contributed by atoms with van der Waals surface area (Å²) >= 11 is 1.63. The van der Waals surface area contributed by atoms with Gasteiger partial charge in [0.05, 0.1) is 10.8 Å². The van der Waals surface area contributed by atoms with Crippen LogP contribution in [0.5, 0.6) is 5.75 Å². The topological polar surface area (TPSA) is 40.5 Å². The Morgan fingerprint density at radius 1 is 1.08 bits per heavy atom. The van der Waals surface area contributed by atoms with Crippen LogP contribution < -0.4 is 0 Å². The maximum Gasteiger partial charge on any atom is 0.261 e. The maximum absolute atomic E-state index is 12.6. The third-order valence-electron chi connectivity index (χ3n) is 4.86. The van der Waals surface area contributed by atoms with Crippen molar-refractivity contribution < 1.29 is 9.90 Å². The van der Waals surface area contributed by atoms with Crippen molar-refractivity contribution in [2.75, 3.05) is 5.88 Å². The van der Waals surface area contributed by atoms with E-state index in [4.69, 9.17) is 0 Å². The normalized spacial score (nSPS) is 20.6. The van der Waals surface area contributed by atoms with Crippen LogP contribution in [0.25, 0.3) is 6.08 Å². The molecule has 1 saturated carbocycles. The van der Waals surface area contributed by atoms with Gasteiger partial charge in [0.2, 0.25) is 0 Å². The summed E-state index contributed by atoms with van der Waals surface area (Å²) < 4.78 is 0. The van der Waals surface area contributed by atoms with E-state index >= 15 is 0 Å². The van der Waals surface area contributed by atoms with Gasteiger partial charge in [-0.3, -0.25) is 4.79 Å². The van der Waals surface area contributed by atoms with E-state index in [9.17, 15) is 9.90 Å². The third kappa shape index (κ3) is 3.74. The molecule has 3 rings (SSSR count). The number of hydrogen-bond acceptors (Lipinski definition) is 3. The fourth-order valence-electron chi connectivity index (χ4n) is 3.20. The first-order valence-electron chi connectivity index (χ1n) is 9.02. The van der Waals surface area contributed by atoms with Crippen molar-refractivity contribution in [3.63, 3.8) is 0 Å². The van der Waals surface area contributed by atoms with Gasteiger partial charge in [0.1, 0.15) is 5.75 Å². The zero-order valence-electron chi connectivity index (χ0n) is 16.1. The zero-order valence-corrected chi connectivity index (χ0v) is 17.0. The second-order valence-corrected chi connectivity index (χ2v) is 10.2. The van der Waals surface area contributed by atoms with Crippen LogP contribution >= 0.6 is 11.8 Å². The molecule has 0 bridgehead atoms. The van der Waals surface area contributed by atoms with Crippen molar-refractivity contribution in [1.29, 1.82) is 0 Å². The molecule has 1 heterocycles. The molecule has 4 heteroatoms. The predicted octanol–water partition coefficient (Wildman–Crippen LogP) is 5.02. The number of carbonyl (C=O) groups is 1. The number of nitrogens with zero attached hydrogens (tertiary/aromatic N) is 1. The molecule has 1 N–H and O–H groups in total. The highest BCUT2D eigenvalue weighted by Gasteiger charge is 2.38. The summed E-state index contributed by atoms with van der Waals surface area (Å²) in [6.45, 7) is 12.6. The van der Waals surface area contributed by atoms with Crippen molar-refractivity contribution >= 4 is 23.7 Å². The molecular formula is C21H29NO2S. The van der Waals surface area contributed by atoms with E-state index in [0.717, 1.165) is 40.3 Å². The molecule has 1 aliphatic carbocycles. The van der Waals surface area contributed by atoms with Crippen LogP contribution in [0.1, 0.15) is 71.1 Å². The van der Waals surface area contributed by atoms with E-state index in [0.29, 0.717) is 11.8 Å². The van der Waals surface area contributed by atoms with Crippen molar-refractivity contribution in [1.82, 2.24) is 4.90 Å². The van der Waals surface area contributed by atoms with Crippen molar-refractivity contribution in [3.05, 3.63) is 33.7 Å². The molecule has 1 saturated heterocycles. The molecule has 0 spiro atoms. The average Bonchev–Trinajstić information content (AvgIpc) is 3.24. The van der Waals surface area contributed by atoms with Gasteiger partial charge >= 0.3 is 0 Å². The number of phenolic OH excluding ortho intramolecular Hbond substituents is 1. The van der Waals surface area contributed by atoms with Crippen molar-refractivity contribution in [2.45, 2.75) is 71.3 Å². The molecule has 1 aliphatic heterocycles. The molecule has 0 radical (unpaired) electrons. The van der Waals surface area contributed by atoms with Crippen LogP contribution in [0.3, 0.4) is 0 Å². The van der Waals surface area contributed by atoms with Crippen LogP contribution in [-0.4, -0.2) is 27.8 Å². The Bertz CT molecular complexity index is 698. The Morgan fingerprint density at radius 2 is 1.60 bits per heavy atom. The minimum atomic E-state index is -0.161. The lowest BCUT2D eigenvalue weighted by Gasteiger charge is -2.28. The van der Waals surface area contributed by atoms with Gasteiger partial charge in [-0.15, -0.1) is 0 Å². The number of thioether (sulfide) groups is 1. The second-order valence-electron chi connectivity index (χ2n) is 9.25. The number of carbonyl (C=O) groups excluding carboxylic acids is 1. The first-order valence-corrected chi connectivity index (χ1v) is 10.0. The Kier molecular flexibility index (Phi) is 4.47. The summed E-state index contributed by atoms with van der Waals surface area (Å²) in [5, 5.41) is 10.8. The fraction of sp³-hybridized carbons (Fsp3) is 0.571. The monoisotopic (exact) mass is 359 g/mol. The van der Waals surface area contributed by atoms with Crippen LogP contribution in [0.4, 0.5) is 0 Å². The summed E-state index contributed by atoms with van der Waals surface area (Å²) in [5.74, 6) is 1.31. The van der Waals surface area contributed by atoms with Gasteiger partial charge in [0.25, 0.3) is 5.91 Å². The third-order valence-corrected chi connectivity index (χ3v) is 5.88. The van der Waals surface area contributed by atoms with E-state index in [1.165, 1.54) is 0 Å². The van der Waals surface area contributed by atoms with Crippen LogP contribution in [0.15, 0.2) is 17.0 Å². The van der Waals surface area contributed by atoms with Crippen LogP contribution in [-0.2, 0) is 15.6 Å². The molecule has 0 unspecified atom stereocenters. The summed E-state index contributed by atoms with van der Waals surface area (Å²) in [5.41, 5.74) is 2.54. The summed E-state index contributed by atoms with van der Waals surface area (Å²) in [4.78, 5) is 15.4. The average molecular weight is 360 g/mol. The predicted molar refractivity (Wildman–Crippen MR) is 106 cm³/mol. The van der Waals surface area contributed by atoms with Gasteiger partial charge in [-0.25, -0.2) is 0 Å². The highest BCUT2D eigenvalue weighted by Crippen LogP contribution is 2.42. The standard InChI is InChI=1S/C21H29NO2S/c1-20(2,3)15-9-13(10-16(18(15)23)21(4,5)6)11-17-19(24)22(12-25-17)14-7-8-14/h9-11,14,23H,7-8,12H2,1-6H3/b17-11-. The molecule has 1 aromatic carbocycles. The Balaban J connectivity index is 2.04. The van der Waals surface area contributed by atoms with Crippen LogP contribution in [0.2, 0.25) is 0 Å². The van der Waals surface area contributed by atoms with Crippen molar-refractivity contribution in [3.8, 4) is 5.75 Å². The number of hydrogen-bond donors (Lipinski definition) is 1. The summed E-state index contributed by atoms with van der Waals surface area (Å²) in [6, 6.07) is 4.53. The molecule has 25 heavy (non-hydrogen) atoms. The summed E-state index contributed by atoms with van der Waals surface area (Å²) in [7, 11) is 0. The van der Waals surface area contributed by atoms with Gasteiger partial charge in [-0.1, -0.05) is 53.3 Å². The number of rotatable bonds is 2. The molecule has 2 aliphatic rings. The smallest absolute Gasteiger partial charge is 0.261 e. The quantitative estimate of drug-likeness (QED) is 0.754. The molecule has 136 valence electrons.